The normalized spacial score (nSPS) is 30.4. The van der Waals surface area contributed by atoms with E-state index in [0.29, 0.717) is 5.56 Å². The van der Waals surface area contributed by atoms with Crippen molar-refractivity contribution in [3.8, 4) is 23.0 Å². The van der Waals surface area contributed by atoms with Crippen LogP contribution in [-0.4, -0.2) is 73.7 Å². The zero-order valence-electron chi connectivity index (χ0n) is 16.2. The molecule has 31 heavy (non-hydrogen) atoms. The number of carbonyl (C=O) groups is 1. The van der Waals surface area contributed by atoms with Crippen LogP contribution in [0.15, 0.2) is 36.4 Å². The molecule has 4 rings (SSSR count). The van der Waals surface area contributed by atoms with Crippen LogP contribution in [0.4, 0.5) is 0 Å². The summed E-state index contributed by atoms with van der Waals surface area (Å²) in [6.45, 7) is -0.566. The van der Waals surface area contributed by atoms with E-state index in [1.54, 1.807) is 24.3 Å². The molecule has 0 unspecified atom stereocenters. The second-order valence-electron chi connectivity index (χ2n) is 7.46. The molecule has 10 nitrogen and oxygen atoms in total. The monoisotopic (exact) mass is 434 g/mol. The molecule has 0 radical (unpaired) electrons. The highest BCUT2D eigenvalue weighted by molar-refractivity contribution is 6.02. The Morgan fingerprint density at radius 3 is 2.39 bits per heavy atom. The minimum atomic E-state index is -1.55. The van der Waals surface area contributed by atoms with Gasteiger partial charge in [-0.1, -0.05) is 12.1 Å². The van der Waals surface area contributed by atoms with E-state index in [4.69, 9.17) is 14.2 Å². The van der Waals surface area contributed by atoms with Crippen LogP contribution in [0.1, 0.15) is 28.4 Å². The molecule has 2 aromatic carbocycles. The predicted molar refractivity (Wildman–Crippen MR) is 103 cm³/mol. The average molecular weight is 434 g/mol. The molecule has 0 aliphatic carbocycles. The number of aliphatic hydroxyl groups excluding tert-OH is 4. The number of fused-ring (bicyclic) bond motifs is 1. The van der Waals surface area contributed by atoms with Crippen LogP contribution in [-0.2, 0) is 4.74 Å². The molecule has 2 aliphatic heterocycles. The van der Waals surface area contributed by atoms with Gasteiger partial charge in [0.1, 0.15) is 59.1 Å². The van der Waals surface area contributed by atoms with Crippen LogP contribution >= 0.6 is 0 Å². The van der Waals surface area contributed by atoms with Gasteiger partial charge in [-0.05, 0) is 17.7 Å². The third-order valence-electron chi connectivity index (χ3n) is 5.34. The maximum Gasteiger partial charge on any atom is 0.229 e. The van der Waals surface area contributed by atoms with Gasteiger partial charge in [-0.3, -0.25) is 4.79 Å². The maximum atomic E-state index is 12.4. The van der Waals surface area contributed by atoms with E-state index in [0.717, 1.165) is 6.07 Å². The Hall–Kier alpha value is -2.89. The summed E-state index contributed by atoms with van der Waals surface area (Å²) in [6.07, 6.45) is -7.63. The Morgan fingerprint density at radius 1 is 1.00 bits per heavy atom. The lowest BCUT2D eigenvalue weighted by atomic mass is 9.95. The first kappa shape index (κ1) is 21.3. The van der Waals surface area contributed by atoms with E-state index >= 15 is 0 Å². The van der Waals surface area contributed by atoms with Gasteiger partial charge in [-0.25, -0.2) is 0 Å². The number of phenols is 2. The van der Waals surface area contributed by atoms with Gasteiger partial charge in [-0.15, -0.1) is 0 Å². The first-order valence-corrected chi connectivity index (χ1v) is 9.61. The lowest BCUT2D eigenvalue weighted by Crippen LogP contribution is -2.60. The van der Waals surface area contributed by atoms with Crippen molar-refractivity contribution in [2.24, 2.45) is 0 Å². The second kappa shape index (κ2) is 8.33. The van der Waals surface area contributed by atoms with Crippen molar-refractivity contribution in [1.82, 2.24) is 0 Å². The van der Waals surface area contributed by atoms with Crippen LogP contribution in [0.2, 0.25) is 0 Å². The van der Waals surface area contributed by atoms with Gasteiger partial charge in [0.15, 0.2) is 5.78 Å². The van der Waals surface area contributed by atoms with E-state index in [-0.39, 0.29) is 40.8 Å². The minimum absolute atomic E-state index is 0.0156. The standard InChI is InChI=1S/C21H22O10/c22-8-16-18(26)19(27)20(28)21(31-16)29-11-3-1-9(2-4-11)14-7-13(25)17-12(24)5-10(23)6-15(17)30-14/h1-6,14,16,18-24,26-28H,7-8H2/t14-,16-,18-,19+,20-,21-/m1/s1. The highest BCUT2D eigenvalue weighted by Crippen LogP contribution is 2.41. The van der Waals surface area contributed by atoms with Crippen molar-refractivity contribution < 1.29 is 49.6 Å². The third-order valence-corrected chi connectivity index (χ3v) is 5.34. The van der Waals surface area contributed by atoms with Crippen LogP contribution in [0, 0.1) is 0 Å². The quantitative estimate of drug-likeness (QED) is 0.385. The fraction of sp³-hybridized carbons (Fsp3) is 0.381. The summed E-state index contributed by atoms with van der Waals surface area (Å²) < 4.78 is 16.6. The molecule has 6 N–H and O–H groups in total. The van der Waals surface area contributed by atoms with Gasteiger partial charge in [0.25, 0.3) is 0 Å². The summed E-state index contributed by atoms with van der Waals surface area (Å²) in [5.41, 5.74) is 0.652. The molecule has 2 aromatic rings. The number of phenolic OH excluding ortho intramolecular Hbond substituents is 2. The number of aliphatic hydroxyl groups is 4. The van der Waals surface area contributed by atoms with E-state index in [1.807, 2.05) is 0 Å². The van der Waals surface area contributed by atoms with Crippen molar-refractivity contribution in [2.75, 3.05) is 6.61 Å². The molecule has 166 valence electrons. The number of Topliss-reactive ketones (excluding diaryl/α,β-unsaturated/α-hetero) is 1. The fourth-order valence-electron chi connectivity index (χ4n) is 3.67. The van der Waals surface area contributed by atoms with Crippen molar-refractivity contribution >= 4 is 5.78 Å². The second-order valence-corrected chi connectivity index (χ2v) is 7.46. The van der Waals surface area contributed by atoms with Crippen LogP contribution in [0.25, 0.3) is 0 Å². The molecule has 0 bridgehead atoms. The van der Waals surface area contributed by atoms with Gasteiger partial charge in [0.05, 0.1) is 13.0 Å². The molecule has 1 saturated heterocycles. The highest BCUT2D eigenvalue weighted by atomic mass is 16.7. The third kappa shape index (κ3) is 4.03. The van der Waals surface area contributed by atoms with Crippen molar-refractivity contribution in [1.29, 1.82) is 0 Å². The molecule has 2 aliphatic rings. The zero-order valence-corrected chi connectivity index (χ0v) is 16.2. The molecule has 1 fully saturated rings. The number of ether oxygens (including phenoxy) is 3. The molecule has 0 aromatic heterocycles. The minimum Gasteiger partial charge on any atom is -0.508 e. The van der Waals surface area contributed by atoms with Crippen LogP contribution < -0.4 is 9.47 Å². The van der Waals surface area contributed by atoms with Gasteiger partial charge >= 0.3 is 0 Å². The van der Waals surface area contributed by atoms with Crippen molar-refractivity contribution in [3.05, 3.63) is 47.5 Å². The number of rotatable bonds is 4. The van der Waals surface area contributed by atoms with E-state index < -0.39 is 43.4 Å². The Labute approximate surface area is 176 Å². The predicted octanol–water partition coefficient (Wildman–Crippen LogP) is -0.0170. The summed E-state index contributed by atoms with van der Waals surface area (Å²) in [4.78, 5) is 12.4. The number of hydrogen-bond donors (Lipinski definition) is 6. The number of ketones is 1. The average Bonchev–Trinajstić information content (AvgIpc) is 2.73. The maximum absolute atomic E-state index is 12.4. The van der Waals surface area contributed by atoms with Crippen LogP contribution in [0.5, 0.6) is 23.0 Å². The topological polar surface area (TPSA) is 166 Å². The Bertz CT molecular complexity index is 957. The van der Waals surface area contributed by atoms with Gasteiger partial charge in [0.2, 0.25) is 6.29 Å². The summed E-state index contributed by atoms with van der Waals surface area (Å²) in [5.74, 6) is -0.550. The first-order chi connectivity index (χ1) is 14.8. The summed E-state index contributed by atoms with van der Waals surface area (Å²) in [6, 6.07) is 8.68. The summed E-state index contributed by atoms with van der Waals surface area (Å²) >= 11 is 0. The Morgan fingerprint density at radius 2 is 1.71 bits per heavy atom. The van der Waals surface area contributed by atoms with E-state index in [1.165, 1.54) is 6.07 Å². The van der Waals surface area contributed by atoms with Gasteiger partial charge in [0, 0.05) is 12.1 Å². The zero-order chi connectivity index (χ0) is 22.3. The Kier molecular flexibility index (Phi) is 5.73. The molecule has 0 saturated carbocycles. The number of hydrogen-bond acceptors (Lipinski definition) is 10. The number of aromatic hydroxyl groups is 2. The summed E-state index contributed by atoms with van der Waals surface area (Å²) in [5, 5.41) is 58.5. The molecular weight excluding hydrogens is 412 g/mol. The molecule has 6 atom stereocenters. The smallest absolute Gasteiger partial charge is 0.229 e. The van der Waals surface area contributed by atoms with Crippen molar-refractivity contribution in [2.45, 2.75) is 43.2 Å². The Balaban J connectivity index is 1.48. The van der Waals surface area contributed by atoms with E-state index in [2.05, 4.69) is 0 Å². The largest absolute Gasteiger partial charge is 0.508 e. The molecule has 10 heteroatoms. The van der Waals surface area contributed by atoms with Crippen LogP contribution in [0.3, 0.4) is 0 Å². The highest BCUT2D eigenvalue weighted by Gasteiger charge is 2.44. The van der Waals surface area contributed by atoms with Gasteiger partial charge in [-0.2, -0.15) is 0 Å². The van der Waals surface area contributed by atoms with Gasteiger partial charge < -0.3 is 44.8 Å². The molecule has 0 spiro atoms. The lowest BCUT2D eigenvalue weighted by molar-refractivity contribution is -0.277. The molecule has 0 amide bonds. The number of carbonyl (C=O) groups excluding carboxylic acids is 1. The lowest BCUT2D eigenvalue weighted by Gasteiger charge is -2.39. The fourth-order valence-corrected chi connectivity index (χ4v) is 3.67. The SMILES string of the molecule is O=C1C[C@H](c2ccc(O[C@@H]3O[C@H](CO)[C@@H](O)[C@H](O)[C@H]3O)cc2)Oc2cc(O)cc(O)c21. The number of benzene rings is 2. The molecular formula is C21H22O10. The summed E-state index contributed by atoms with van der Waals surface area (Å²) in [7, 11) is 0. The van der Waals surface area contributed by atoms with Crippen molar-refractivity contribution in [3.63, 3.8) is 0 Å². The molecule has 2 heterocycles. The van der Waals surface area contributed by atoms with E-state index in [9.17, 15) is 35.4 Å². The first-order valence-electron chi connectivity index (χ1n) is 9.61.